The zero-order chi connectivity index (χ0) is 24.7. The molecule has 0 radical (unpaired) electrons. The van der Waals surface area contributed by atoms with Crippen molar-refractivity contribution in [1.29, 1.82) is 0 Å². The Morgan fingerprint density at radius 2 is 1.83 bits per heavy atom. The number of fused-ring (bicyclic) bond motifs is 1. The maximum atomic E-state index is 6.32. The Balaban J connectivity index is 1.49. The maximum Gasteiger partial charge on any atom is 0.160 e. The number of aromatic nitrogens is 3. The average molecular weight is 477 g/mol. The standard InChI is InChI=1S/C30H32N6/c1-30(15-4-16-30)22-8-10-23(11-9-22)36-28(24-7-3-18-33-27(24)32)35-26-13-12-25(34-29(26)36)21-6-2-5-20(19-21)14-17-31/h2-3,5-11,18-19H,4,12-17,31H2,1H3,(H2,32,33). The lowest BCUT2D eigenvalue weighted by atomic mass is 9.66. The van der Waals surface area contributed by atoms with Gasteiger partial charge in [0.25, 0.3) is 0 Å². The molecule has 182 valence electrons. The van der Waals surface area contributed by atoms with Crippen molar-refractivity contribution in [2.75, 3.05) is 12.3 Å². The Bertz CT molecular complexity index is 1440. The van der Waals surface area contributed by atoms with Crippen molar-refractivity contribution in [2.24, 2.45) is 10.7 Å². The van der Waals surface area contributed by atoms with Gasteiger partial charge in [-0.2, -0.15) is 0 Å². The molecule has 0 unspecified atom stereocenters. The van der Waals surface area contributed by atoms with E-state index >= 15 is 0 Å². The van der Waals surface area contributed by atoms with Gasteiger partial charge in [-0.15, -0.1) is 0 Å². The molecular formula is C30H32N6. The van der Waals surface area contributed by atoms with Crippen LogP contribution in [-0.4, -0.2) is 26.8 Å². The number of aryl methyl sites for hydroxylation is 1. The number of nitrogen functional groups attached to an aromatic ring is 1. The minimum Gasteiger partial charge on any atom is -0.383 e. The molecule has 0 spiro atoms. The number of imidazole rings is 1. The lowest BCUT2D eigenvalue weighted by molar-refractivity contribution is 0.272. The molecule has 1 saturated carbocycles. The molecule has 2 aliphatic rings. The van der Waals surface area contributed by atoms with E-state index in [2.05, 4.69) is 65.0 Å². The van der Waals surface area contributed by atoms with E-state index in [-0.39, 0.29) is 0 Å². The first-order chi connectivity index (χ1) is 17.6. The minimum absolute atomic E-state index is 0.295. The SMILES string of the molecule is CC1(c2ccc(-n3c(-c4cccnc4N)nc4c3N=C(c3cccc(CCN)c3)CC4)cc2)CCC1. The Kier molecular flexibility index (Phi) is 5.69. The number of rotatable bonds is 6. The number of nitrogens with zero attached hydrogens (tertiary/aromatic N) is 4. The van der Waals surface area contributed by atoms with Crippen LogP contribution >= 0.6 is 0 Å². The minimum atomic E-state index is 0.295. The molecule has 6 rings (SSSR count). The Labute approximate surface area is 212 Å². The van der Waals surface area contributed by atoms with Crippen LogP contribution < -0.4 is 11.5 Å². The maximum absolute atomic E-state index is 6.32. The van der Waals surface area contributed by atoms with Crippen molar-refractivity contribution in [2.45, 2.75) is 50.9 Å². The summed E-state index contributed by atoms with van der Waals surface area (Å²) in [5.41, 5.74) is 20.1. The summed E-state index contributed by atoms with van der Waals surface area (Å²) in [5.74, 6) is 2.13. The second kappa shape index (κ2) is 9.03. The number of nitrogens with two attached hydrogens (primary N) is 2. The summed E-state index contributed by atoms with van der Waals surface area (Å²) >= 11 is 0. The topological polar surface area (TPSA) is 95.1 Å². The van der Waals surface area contributed by atoms with E-state index in [4.69, 9.17) is 21.4 Å². The van der Waals surface area contributed by atoms with Crippen LogP contribution in [-0.2, 0) is 18.3 Å². The zero-order valence-electron chi connectivity index (χ0n) is 20.7. The van der Waals surface area contributed by atoms with Gasteiger partial charge < -0.3 is 11.5 Å². The van der Waals surface area contributed by atoms with E-state index in [9.17, 15) is 0 Å². The van der Waals surface area contributed by atoms with Crippen molar-refractivity contribution in [1.82, 2.24) is 14.5 Å². The van der Waals surface area contributed by atoms with Crippen LogP contribution in [0.25, 0.3) is 17.1 Å². The Morgan fingerprint density at radius 1 is 1.00 bits per heavy atom. The quantitative estimate of drug-likeness (QED) is 0.383. The molecule has 6 nitrogen and oxygen atoms in total. The van der Waals surface area contributed by atoms with E-state index < -0.39 is 0 Å². The summed E-state index contributed by atoms with van der Waals surface area (Å²) in [4.78, 5) is 14.6. The lowest BCUT2D eigenvalue weighted by Gasteiger charge is -2.39. The van der Waals surface area contributed by atoms with E-state index in [1.54, 1.807) is 6.20 Å². The van der Waals surface area contributed by atoms with Gasteiger partial charge in [-0.1, -0.05) is 43.7 Å². The fourth-order valence-corrected chi connectivity index (χ4v) is 5.48. The van der Waals surface area contributed by atoms with Crippen LogP contribution in [0.15, 0.2) is 71.9 Å². The molecule has 36 heavy (non-hydrogen) atoms. The normalized spacial score (nSPS) is 16.2. The number of pyridine rings is 1. The monoisotopic (exact) mass is 476 g/mol. The van der Waals surface area contributed by atoms with Gasteiger partial charge in [0.1, 0.15) is 11.6 Å². The summed E-state index contributed by atoms with van der Waals surface area (Å²) in [6.07, 6.45) is 8.05. The van der Waals surface area contributed by atoms with Gasteiger partial charge in [0.2, 0.25) is 0 Å². The molecule has 0 bridgehead atoms. The molecule has 2 aromatic heterocycles. The predicted molar refractivity (Wildman–Crippen MR) is 146 cm³/mol. The number of hydrogen-bond donors (Lipinski definition) is 2. The Morgan fingerprint density at radius 3 is 2.56 bits per heavy atom. The van der Waals surface area contributed by atoms with Crippen LogP contribution in [0, 0.1) is 0 Å². The number of hydrogen-bond acceptors (Lipinski definition) is 5. The first kappa shape index (κ1) is 22.7. The van der Waals surface area contributed by atoms with E-state index in [1.807, 2.05) is 12.1 Å². The molecule has 0 amide bonds. The summed E-state index contributed by atoms with van der Waals surface area (Å²) in [6.45, 7) is 3.00. The third-order valence-electron chi connectivity index (χ3n) is 7.81. The highest BCUT2D eigenvalue weighted by atomic mass is 15.2. The van der Waals surface area contributed by atoms with Gasteiger partial charge >= 0.3 is 0 Å². The predicted octanol–water partition coefficient (Wildman–Crippen LogP) is 5.53. The fourth-order valence-electron chi connectivity index (χ4n) is 5.48. The van der Waals surface area contributed by atoms with Crippen molar-refractivity contribution < 1.29 is 0 Å². The molecule has 1 fully saturated rings. The van der Waals surface area contributed by atoms with Gasteiger partial charge in [0, 0.05) is 11.9 Å². The molecular weight excluding hydrogens is 444 g/mol. The second-order valence-electron chi connectivity index (χ2n) is 10.2. The highest BCUT2D eigenvalue weighted by molar-refractivity contribution is 6.03. The summed E-state index contributed by atoms with van der Waals surface area (Å²) in [6, 6.07) is 21.4. The Hall–Kier alpha value is -3.77. The number of anilines is 1. The molecule has 1 aliphatic heterocycles. The number of aliphatic imine (C=N–C) groups is 1. The highest BCUT2D eigenvalue weighted by Crippen LogP contribution is 2.44. The zero-order valence-corrected chi connectivity index (χ0v) is 20.7. The first-order valence-electron chi connectivity index (χ1n) is 12.9. The van der Waals surface area contributed by atoms with Gasteiger partial charge in [0.05, 0.1) is 17.0 Å². The molecule has 0 atom stereocenters. The van der Waals surface area contributed by atoms with Gasteiger partial charge in [-0.3, -0.25) is 4.57 Å². The van der Waals surface area contributed by atoms with Crippen LogP contribution in [0.4, 0.5) is 11.6 Å². The molecule has 4 aromatic rings. The summed E-state index contributed by atoms with van der Waals surface area (Å²) < 4.78 is 2.15. The molecule has 2 aromatic carbocycles. The van der Waals surface area contributed by atoms with Crippen LogP contribution in [0.1, 0.15) is 55.0 Å². The summed E-state index contributed by atoms with van der Waals surface area (Å²) in [5, 5.41) is 0. The third kappa shape index (κ3) is 3.91. The fraction of sp³-hybridized carbons (Fsp3) is 0.300. The first-order valence-corrected chi connectivity index (χ1v) is 12.9. The van der Waals surface area contributed by atoms with E-state index in [0.717, 1.165) is 59.1 Å². The van der Waals surface area contributed by atoms with Gasteiger partial charge in [-0.05, 0) is 91.1 Å². The van der Waals surface area contributed by atoms with E-state index in [0.29, 0.717) is 17.8 Å². The van der Waals surface area contributed by atoms with Crippen molar-refractivity contribution in [3.05, 3.63) is 89.2 Å². The second-order valence-corrected chi connectivity index (χ2v) is 10.2. The van der Waals surface area contributed by atoms with Crippen LogP contribution in [0.3, 0.4) is 0 Å². The average Bonchev–Trinajstić information content (AvgIpc) is 3.26. The number of benzene rings is 2. The molecule has 4 N–H and O–H groups in total. The van der Waals surface area contributed by atoms with Crippen LogP contribution in [0.2, 0.25) is 0 Å². The third-order valence-corrected chi connectivity index (χ3v) is 7.81. The van der Waals surface area contributed by atoms with Gasteiger partial charge in [-0.25, -0.2) is 15.0 Å². The smallest absolute Gasteiger partial charge is 0.160 e. The van der Waals surface area contributed by atoms with E-state index in [1.165, 1.54) is 30.4 Å². The van der Waals surface area contributed by atoms with Crippen molar-refractivity contribution in [3.8, 4) is 17.1 Å². The molecule has 1 aliphatic carbocycles. The van der Waals surface area contributed by atoms with Crippen molar-refractivity contribution >= 4 is 17.3 Å². The summed E-state index contributed by atoms with van der Waals surface area (Å²) in [7, 11) is 0. The molecule has 0 saturated heterocycles. The molecule has 6 heteroatoms. The van der Waals surface area contributed by atoms with Gasteiger partial charge in [0.15, 0.2) is 5.82 Å². The van der Waals surface area contributed by atoms with Crippen molar-refractivity contribution in [3.63, 3.8) is 0 Å². The van der Waals surface area contributed by atoms with Crippen LogP contribution in [0.5, 0.6) is 0 Å². The molecule has 3 heterocycles. The lowest BCUT2D eigenvalue weighted by Crippen LogP contribution is -2.30. The largest absolute Gasteiger partial charge is 0.383 e. The highest BCUT2D eigenvalue weighted by Gasteiger charge is 2.33.